The first-order valence-corrected chi connectivity index (χ1v) is 9.84. The molecule has 1 saturated carbocycles. The minimum absolute atomic E-state index is 0.113. The van der Waals surface area contributed by atoms with Crippen molar-refractivity contribution in [2.45, 2.75) is 56.5 Å². The summed E-state index contributed by atoms with van der Waals surface area (Å²) < 4.78 is 0. The number of thiazole rings is 1. The zero-order valence-electron chi connectivity index (χ0n) is 14.3. The molecule has 1 N–H and O–H groups in total. The molecule has 1 aliphatic heterocycles. The molecule has 0 radical (unpaired) electrons. The van der Waals surface area contributed by atoms with Crippen LogP contribution in [0.25, 0.3) is 10.3 Å². The van der Waals surface area contributed by atoms with Crippen molar-refractivity contribution >= 4 is 33.4 Å². The molecule has 4 rings (SSSR count). The van der Waals surface area contributed by atoms with Crippen LogP contribution in [0, 0.1) is 0 Å². The average Bonchev–Trinajstić information content (AvgIpc) is 3.29. The number of amides is 1. The van der Waals surface area contributed by atoms with Crippen molar-refractivity contribution in [3.05, 3.63) is 24.5 Å². The van der Waals surface area contributed by atoms with Gasteiger partial charge in [-0.3, -0.25) is 4.79 Å². The minimum Gasteiger partial charge on any atom is -0.349 e. The van der Waals surface area contributed by atoms with Gasteiger partial charge in [0.25, 0.3) is 0 Å². The Morgan fingerprint density at radius 2 is 2.36 bits per heavy atom. The molecular weight excluding hydrogens is 334 g/mol. The third-order valence-corrected chi connectivity index (χ3v) is 6.23. The van der Waals surface area contributed by atoms with E-state index in [4.69, 9.17) is 0 Å². The summed E-state index contributed by atoms with van der Waals surface area (Å²) in [5, 5.41) is 3.38. The first-order valence-electron chi connectivity index (χ1n) is 8.96. The van der Waals surface area contributed by atoms with Crippen LogP contribution in [0.4, 0.5) is 5.82 Å². The summed E-state index contributed by atoms with van der Waals surface area (Å²) in [5.74, 6) is 1.08. The van der Waals surface area contributed by atoms with Crippen molar-refractivity contribution in [3.8, 4) is 0 Å². The maximum absolute atomic E-state index is 12.4. The number of nitrogens with one attached hydrogen (secondary N) is 1. The lowest BCUT2D eigenvalue weighted by molar-refractivity contribution is -0.123. The standard InChI is InChI=1S/C18H23N5OS/c1-2-3-4-7-14(24)22-18-8-5-6-13(18)23(10-9-18)16-15-17(20-11-19-16)25-12-21-15/h2,11-13H,1,3-10H2,(H,22,24). The highest BCUT2D eigenvalue weighted by Crippen LogP contribution is 2.44. The highest BCUT2D eigenvalue weighted by molar-refractivity contribution is 7.16. The van der Waals surface area contributed by atoms with Crippen LogP contribution in [0.5, 0.6) is 0 Å². The third kappa shape index (κ3) is 2.90. The molecule has 2 aromatic rings. The van der Waals surface area contributed by atoms with Gasteiger partial charge in [0, 0.05) is 13.0 Å². The van der Waals surface area contributed by atoms with Crippen molar-refractivity contribution < 1.29 is 4.79 Å². The van der Waals surface area contributed by atoms with E-state index in [9.17, 15) is 4.79 Å². The zero-order chi connectivity index (χ0) is 17.3. The highest BCUT2D eigenvalue weighted by Gasteiger charge is 2.51. The summed E-state index contributed by atoms with van der Waals surface area (Å²) in [6.07, 6.45) is 10.1. The fourth-order valence-electron chi connectivity index (χ4n) is 4.38. The molecule has 0 aromatic carbocycles. The predicted molar refractivity (Wildman–Crippen MR) is 99.7 cm³/mol. The van der Waals surface area contributed by atoms with Gasteiger partial charge >= 0.3 is 0 Å². The van der Waals surface area contributed by atoms with Crippen LogP contribution in [0.15, 0.2) is 24.5 Å². The monoisotopic (exact) mass is 357 g/mol. The number of hydrogen-bond donors (Lipinski definition) is 1. The quantitative estimate of drug-likeness (QED) is 0.635. The van der Waals surface area contributed by atoms with Gasteiger partial charge in [0.2, 0.25) is 5.91 Å². The average molecular weight is 357 g/mol. The van der Waals surface area contributed by atoms with Crippen molar-refractivity contribution in [2.75, 3.05) is 11.4 Å². The van der Waals surface area contributed by atoms with Gasteiger partial charge in [-0.2, -0.15) is 0 Å². The molecule has 2 unspecified atom stereocenters. The van der Waals surface area contributed by atoms with Gasteiger partial charge in [-0.15, -0.1) is 17.9 Å². The summed E-state index contributed by atoms with van der Waals surface area (Å²) in [7, 11) is 0. The van der Waals surface area contributed by atoms with Crippen molar-refractivity contribution in [1.29, 1.82) is 0 Å². The number of unbranched alkanes of at least 4 members (excludes halogenated alkanes) is 1. The van der Waals surface area contributed by atoms with Gasteiger partial charge in [-0.05, 0) is 38.5 Å². The van der Waals surface area contributed by atoms with Crippen molar-refractivity contribution in [1.82, 2.24) is 20.3 Å². The minimum atomic E-state index is -0.113. The summed E-state index contributed by atoms with van der Waals surface area (Å²) >= 11 is 1.54. The van der Waals surface area contributed by atoms with Crippen LogP contribution in [0.3, 0.4) is 0 Å². The van der Waals surface area contributed by atoms with Gasteiger partial charge in [-0.1, -0.05) is 6.08 Å². The normalized spacial score (nSPS) is 25.3. The van der Waals surface area contributed by atoms with E-state index in [1.54, 1.807) is 6.33 Å². The van der Waals surface area contributed by atoms with Crippen LogP contribution in [-0.2, 0) is 4.79 Å². The molecule has 2 aliphatic rings. The van der Waals surface area contributed by atoms with Gasteiger partial charge in [0.1, 0.15) is 16.7 Å². The molecule has 2 aromatic heterocycles. The summed E-state index contributed by atoms with van der Waals surface area (Å²) in [4.78, 5) is 29.0. The Balaban J connectivity index is 1.55. The van der Waals surface area contributed by atoms with E-state index in [0.717, 1.165) is 61.2 Å². The molecule has 0 spiro atoms. The molecule has 1 aliphatic carbocycles. The van der Waals surface area contributed by atoms with E-state index < -0.39 is 0 Å². The predicted octanol–water partition coefficient (Wildman–Crippen LogP) is 3.06. The lowest BCUT2D eigenvalue weighted by Crippen LogP contribution is -2.53. The number of fused-ring (bicyclic) bond motifs is 2. The van der Waals surface area contributed by atoms with Gasteiger partial charge < -0.3 is 10.2 Å². The fourth-order valence-corrected chi connectivity index (χ4v) is 5.00. The van der Waals surface area contributed by atoms with E-state index >= 15 is 0 Å². The van der Waals surface area contributed by atoms with Crippen LogP contribution in [0.2, 0.25) is 0 Å². The molecule has 6 nitrogen and oxygen atoms in total. The Morgan fingerprint density at radius 3 is 3.24 bits per heavy atom. The molecule has 132 valence electrons. The molecule has 2 fully saturated rings. The van der Waals surface area contributed by atoms with Crippen LogP contribution in [-0.4, -0.2) is 39.0 Å². The number of allylic oxidation sites excluding steroid dienone is 1. The number of hydrogen-bond acceptors (Lipinski definition) is 6. The summed E-state index contributed by atoms with van der Waals surface area (Å²) in [5.41, 5.74) is 2.59. The Hall–Kier alpha value is -2.02. The Labute approximate surface area is 151 Å². The topological polar surface area (TPSA) is 71.0 Å². The molecule has 7 heteroatoms. The first kappa shape index (κ1) is 16.4. The number of nitrogens with zero attached hydrogens (tertiary/aromatic N) is 4. The third-order valence-electron chi connectivity index (χ3n) is 5.50. The van der Waals surface area contributed by atoms with E-state index in [-0.39, 0.29) is 11.4 Å². The second-order valence-corrected chi connectivity index (χ2v) is 7.77. The lowest BCUT2D eigenvalue weighted by Gasteiger charge is -2.33. The molecule has 1 saturated heterocycles. The van der Waals surface area contributed by atoms with Gasteiger partial charge in [0.05, 0.1) is 17.1 Å². The van der Waals surface area contributed by atoms with Crippen molar-refractivity contribution in [3.63, 3.8) is 0 Å². The van der Waals surface area contributed by atoms with E-state index in [2.05, 4.69) is 31.7 Å². The lowest BCUT2D eigenvalue weighted by atomic mass is 9.92. The van der Waals surface area contributed by atoms with Gasteiger partial charge in [-0.25, -0.2) is 15.0 Å². The van der Waals surface area contributed by atoms with Crippen LogP contribution >= 0.6 is 11.3 Å². The second-order valence-electron chi connectivity index (χ2n) is 6.94. The van der Waals surface area contributed by atoms with E-state index in [1.807, 2.05) is 11.6 Å². The number of carbonyl (C=O) groups is 1. The molecular formula is C18H23N5OS. The summed E-state index contributed by atoms with van der Waals surface area (Å²) in [6.45, 7) is 4.63. The molecule has 25 heavy (non-hydrogen) atoms. The Bertz CT molecular complexity index is 791. The maximum Gasteiger partial charge on any atom is 0.220 e. The molecule has 3 heterocycles. The van der Waals surface area contributed by atoms with Gasteiger partial charge in [0.15, 0.2) is 5.82 Å². The fraction of sp³-hybridized carbons (Fsp3) is 0.556. The second kappa shape index (κ2) is 6.71. The molecule has 1 amide bonds. The van der Waals surface area contributed by atoms with Crippen molar-refractivity contribution in [2.24, 2.45) is 0 Å². The van der Waals surface area contributed by atoms with E-state index in [0.29, 0.717) is 12.5 Å². The van der Waals surface area contributed by atoms with E-state index in [1.165, 1.54) is 11.3 Å². The number of anilines is 1. The zero-order valence-corrected chi connectivity index (χ0v) is 15.1. The Kier molecular flexibility index (Phi) is 4.41. The number of aromatic nitrogens is 3. The van der Waals surface area contributed by atoms with Crippen LogP contribution in [0.1, 0.15) is 44.9 Å². The maximum atomic E-state index is 12.4. The molecule has 0 bridgehead atoms. The number of carbonyl (C=O) groups excluding carboxylic acids is 1. The van der Waals surface area contributed by atoms with Crippen LogP contribution < -0.4 is 10.2 Å². The highest BCUT2D eigenvalue weighted by atomic mass is 32.1. The first-order chi connectivity index (χ1) is 12.2. The summed E-state index contributed by atoms with van der Waals surface area (Å²) in [6, 6.07) is 0.302. The number of rotatable bonds is 6. The Morgan fingerprint density at radius 1 is 1.44 bits per heavy atom. The smallest absolute Gasteiger partial charge is 0.220 e. The molecule has 2 atom stereocenters. The SMILES string of the molecule is C=CCCCC(=O)NC12CCCC1N(c1ncnc3scnc13)CC2. The largest absolute Gasteiger partial charge is 0.349 e.